The van der Waals surface area contributed by atoms with E-state index in [2.05, 4.69) is 20.3 Å². The van der Waals surface area contributed by atoms with Crippen LogP contribution in [0.15, 0.2) is 83.9 Å². The third-order valence-electron chi connectivity index (χ3n) is 5.39. The van der Waals surface area contributed by atoms with E-state index >= 15 is 0 Å². The van der Waals surface area contributed by atoms with Gasteiger partial charge in [-0.1, -0.05) is 11.6 Å². The molecule has 4 aromatic rings. The first-order valence-electron chi connectivity index (χ1n) is 11.9. The van der Waals surface area contributed by atoms with Gasteiger partial charge in [0.05, 0.1) is 17.0 Å². The number of anilines is 2. The summed E-state index contributed by atoms with van der Waals surface area (Å²) in [5, 5.41) is 7.61. The van der Waals surface area contributed by atoms with Gasteiger partial charge in [0, 0.05) is 41.1 Å². The molecule has 0 aliphatic carbocycles. The maximum absolute atomic E-state index is 12.7. The number of hydrogen-bond acceptors (Lipinski definition) is 7. The number of nitrogens with one attached hydrogen (secondary N) is 3. The molecule has 0 spiro atoms. The fourth-order valence-electron chi connectivity index (χ4n) is 3.59. The van der Waals surface area contributed by atoms with E-state index in [-0.39, 0.29) is 17.4 Å². The lowest BCUT2D eigenvalue weighted by atomic mass is 10.2. The molecule has 0 saturated heterocycles. The highest BCUT2D eigenvalue weighted by Crippen LogP contribution is 2.24. The zero-order valence-electron chi connectivity index (χ0n) is 20.6. The van der Waals surface area contributed by atoms with Crippen LogP contribution in [-0.4, -0.2) is 45.6 Å². The molecule has 0 radical (unpaired) electrons. The quantitative estimate of drug-likeness (QED) is 0.217. The van der Waals surface area contributed by atoms with Crippen molar-refractivity contribution >= 4 is 49.8 Å². The number of amides is 1. The molecule has 3 N–H and O–H groups in total. The predicted molar refractivity (Wildman–Crippen MR) is 149 cm³/mol. The van der Waals surface area contributed by atoms with Crippen LogP contribution in [0.1, 0.15) is 6.92 Å². The van der Waals surface area contributed by atoms with Crippen molar-refractivity contribution in [3.63, 3.8) is 0 Å². The van der Waals surface area contributed by atoms with Gasteiger partial charge in [-0.05, 0) is 79.7 Å². The Kier molecular flexibility index (Phi) is 8.88. The first kappa shape index (κ1) is 27.0. The smallest absolute Gasteiger partial charge is 0.261 e. The summed E-state index contributed by atoms with van der Waals surface area (Å²) in [6, 6.07) is 19.8. The first-order valence-corrected chi connectivity index (χ1v) is 13.7. The zero-order chi connectivity index (χ0) is 27.0. The summed E-state index contributed by atoms with van der Waals surface area (Å²) >= 11 is 6.02. The van der Waals surface area contributed by atoms with Crippen molar-refractivity contribution in [3.05, 3.63) is 84.0 Å². The van der Waals surface area contributed by atoms with Gasteiger partial charge in [-0.15, -0.1) is 0 Å². The van der Waals surface area contributed by atoms with Crippen molar-refractivity contribution in [2.24, 2.45) is 0 Å². The average molecular weight is 555 g/mol. The van der Waals surface area contributed by atoms with E-state index < -0.39 is 10.0 Å². The van der Waals surface area contributed by atoms with Gasteiger partial charge in [0.2, 0.25) is 0 Å². The van der Waals surface area contributed by atoms with Gasteiger partial charge in [0.25, 0.3) is 15.9 Å². The second-order valence-corrected chi connectivity index (χ2v) is 10.2. The first-order chi connectivity index (χ1) is 18.3. The summed E-state index contributed by atoms with van der Waals surface area (Å²) in [7, 11) is -3.78. The van der Waals surface area contributed by atoms with Crippen LogP contribution < -0.4 is 24.8 Å². The van der Waals surface area contributed by atoms with Crippen molar-refractivity contribution in [1.82, 2.24) is 10.3 Å². The Morgan fingerprint density at radius 2 is 1.63 bits per heavy atom. The van der Waals surface area contributed by atoms with Crippen LogP contribution in [-0.2, 0) is 14.8 Å². The SMILES string of the molecule is CCOc1ccc(NS(=O)(=O)c2ccc(OCC(=O)NCCNc3ccnc4cc(Cl)ccc34)cc2)cc1. The minimum atomic E-state index is -3.78. The maximum Gasteiger partial charge on any atom is 0.261 e. The molecule has 1 aromatic heterocycles. The highest BCUT2D eigenvalue weighted by molar-refractivity contribution is 7.92. The molecule has 11 heteroatoms. The normalized spacial score (nSPS) is 11.1. The average Bonchev–Trinajstić information content (AvgIpc) is 2.91. The van der Waals surface area contributed by atoms with Gasteiger partial charge in [0.15, 0.2) is 6.61 Å². The van der Waals surface area contributed by atoms with Crippen molar-refractivity contribution < 1.29 is 22.7 Å². The molecule has 0 aliphatic heterocycles. The number of rotatable bonds is 12. The van der Waals surface area contributed by atoms with Gasteiger partial charge < -0.3 is 20.1 Å². The topological polar surface area (TPSA) is 119 Å². The molecule has 0 unspecified atom stereocenters. The number of carbonyl (C=O) groups excluding carboxylic acids is 1. The minimum absolute atomic E-state index is 0.0696. The van der Waals surface area contributed by atoms with E-state index in [9.17, 15) is 13.2 Å². The Labute approximate surface area is 226 Å². The molecule has 0 saturated carbocycles. The van der Waals surface area contributed by atoms with E-state index in [1.165, 1.54) is 24.3 Å². The molecule has 198 valence electrons. The number of hydrogen-bond donors (Lipinski definition) is 3. The summed E-state index contributed by atoms with van der Waals surface area (Å²) in [5.41, 5.74) is 2.09. The molecule has 0 fully saturated rings. The van der Waals surface area contributed by atoms with Crippen LogP contribution >= 0.6 is 11.6 Å². The number of sulfonamides is 1. The highest BCUT2D eigenvalue weighted by Gasteiger charge is 2.14. The molecule has 1 amide bonds. The largest absolute Gasteiger partial charge is 0.494 e. The molecule has 38 heavy (non-hydrogen) atoms. The molecule has 0 aliphatic rings. The third kappa shape index (κ3) is 7.27. The second-order valence-electron chi connectivity index (χ2n) is 8.12. The van der Waals surface area contributed by atoms with E-state index in [1.807, 2.05) is 19.1 Å². The number of carbonyl (C=O) groups is 1. The van der Waals surface area contributed by atoms with E-state index in [0.717, 1.165) is 16.6 Å². The number of benzene rings is 3. The summed E-state index contributed by atoms with van der Waals surface area (Å²) in [4.78, 5) is 16.5. The standard InChI is InChI=1S/C27H27ClN4O5S/c1-2-36-21-6-4-20(5-7-21)32-38(34,35)23-10-8-22(9-11-23)37-18-27(33)31-16-15-30-25-13-14-29-26-17-19(28)3-12-24(25)26/h3-14,17,32H,2,15-16,18H2,1H3,(H,29,30)(H,31,33). The molecule has 0 atom stereocenters. The van der Waals surface area contributed by atoms with Crippen molar-refractivity contribution in [3.8, 4) is 11.5 Å². The Balaban J connectivity index is 1.22. The number of ether oxygens (including phenoxy) is 2. The molecule has 3 aromatic carbocycles. The summed E-state index contributed by atoms with van der Waals surface area (Å²) in [6.07, 6.45) is 1.69. The van der Waals surface area contributed by atoms with Gasteiger partial charge in [-0.2, -0.15) is 0 Å². The molecule has 9 nitrogen and oxygen atoms in total. The van der Waals surface area contributed by atoms with Gasteiger partial charge in [0.1, 0.15) is 11.5 Å². The highest BCUT2D eigenvalue weighted by atomic mass is 35.5. The fourth-order valence-corrected chi connectivity index (χ4v) is 4.81. The number of halogens is 1. The number of aromatic nitrogens is 1. The van der Waals surface area contributed by atoms with E-state index in [0.29, 0.717) is 41.9 Å². The van der Waals surface area contributed by atoms with Crippen LogP contribution in [0.4, 0.5) is 11.4 Å². The molecule has 1 heterocycles. The van der Waals surface area contributed by atoms with Crippen molar-refractivity contribution in [2.75, 3.05) is 36.3 Å². The van der Waals surface area contributed by atoms with Gasteiger partial charge >= 0.3 is 0 Å². The zero-order valence-corrected chi connectivity index (χ0v) is 22.2. The predicted octanol–water partition coefficient (Wildman–Crippen LogP) is 4.69. The van der Waals surface area contributed by atoms with Crippen LogP contribution in [0.5, 0.6) is 11.5 Å². The Morgan fingerprint density at radius 1 is 0.921 bits per heavy atom. The monoisotopic (exact) mass is 554 g/mol. The lowest BCUT2D eigenvalue weighted by molar-refractivity contribution is -0.123. The summed E-state index contributed by atoms with van der Waals surface area (Å²) < 4.78 is 38.7. The third-order valence-corrected chi connectivity index (χ3v) is 7.02. The molecule has 0 bridgehead atoms. The van der Waals surface area contributed by atoms with Crippen LogP contribution in [0.2, 0.25) is 5.02 Å². The Morgan fingerprint density at radius 3 is 2.37 bits per heavy atom. The lowest BCUT2D eigenvalue weighted by Gasteiger charge is -2.12. The van der Waals surface area contributed by atoms with Crippen LogP contribution in [0.3, 0.4) is 0 Å². The van der Waals surface area contributed by atoms with Crippen molar-refractivity contribution in [1.29, 1.82) is 0 Å². The van der Waals surface area contributed by atoms with Gasteiger partial charge in [-0.3, -0.25) is 14.5 Å². The summed E-state index contributed by atoms with van der Waals surface area (Å²) in [6.45, 7) is 3.08. The van der Waals surface area contributed by atoms with Gasteiger partial charge in [-0.25, -0.2) is 8.42 Å². The second kappa shape index (κ2) is 12.5. The minimum Gasteiger partial charge on any atom is -0.494 e. The fraction of sp³-hybridized carbons (Fsp3) is 0.185. The lowest BCUT2D eigenvalue weighted by Crippen LogP contribution is -2.32. The van der Waals surface area contributed by atoms with E-state index in [4.69, 9.17) is 21.1 Å². The molecule has 4 rings (SSSR count). The molecular formula is C27H27ClN4O5S. The molecular weight excluding hydrogens is 528 g/mol. The number of nitrogens with zero attached hydrogens (tertiary/aromatic N) is 1. The number of fused-ring (bicyclic) bond motifs is 1. The Hall–Kier alpha value is -4.02. The van der Waals surface area contributed by atoms with E-state index in [1.54, 1.807) is 42.6 Å². The Bertz CT molecular complexity index is 1500. The van der Waals surface area contributed by atoms with Crippen LogP contribution in [0, 0.1) is 0 Å². The maximum atomic E-state index is 12.7. The van der Waals surface area contributed by atoms with Crippen molar-refractivity contribution in [2.45, 2.75) is 11.8 Å². The summed E-state index contributed by atoms with van der Waals surface area (Å²) in [5.74, 6) is 0.734. The van der Waals surface area contributed by atoms with Crippen LogP contribution in [0.25, 0.3) is 10.9 Å². The number of pyridine rings is 1.